The minimum Gasteiger partial charge on any atom is -0.339 e. The first kappa shape index (κ1) is 12.4. The summed E-state index contributed by atoms with van der Waals surface area (Å²) in [6.45, 7) is 2.44. The van der Waals surface area contributed by atoms with E-state index in [-0.39, 0.29) is 0 Å². The molecule has 3 rings (SSSR count). The van der Waals surface area contributed by atoms with Crippen LogP contribution in [0.2, 0.25) is 5.02 Å². The number of fused-ring (bicyclic) bond motifs is 1. The number of benzene rings is 1. The van der Waals surface area contributed by atoms with Gasteiger partial charge in [-0.05, 0) is 31.3 Å². The van der Waals surface area contributed by atoms with Crippen molar-refractivity contribution in [2.24, 2.45) is 0 Å². The van der Waals surface area contributed by atoms with Crippen molar-refractivity contribution in [3.8, 4) is 0 Å². The molecular formula is C12H11ClN4OS. The molecule has 0 aliphatic heterocycles. The van der Waals surface area contributed by atoms with Crippen molar-refractivity contribution in [1.29, 1.82) is 0 Å². The number of nitrogens with one attached hydrogen (secondary N) is 1. The summed E-state index contributed by atoms with van der Waals surface area (Å²) in [5.74, 6) is 1.23. The van der Waals surface area contributed by atoms with Gasteiger partial charge in [0.05, 0.1) is 16.1 Å². The standard InChI is InChI=1S/C12H11ClN4OS/c1-7-14-10(18-16-7)5-6-17-11-8(13)3-2-4-9(11)15-12(17)19/h2-4H,5-6H2,1H3,(H,15,19). The number of H-pyrrole nitrogens is 1. The summed E-state index contributed by atoms with van der Waals surface area (Å²) < 4.78 is 7.68. The maximum absolute atomic E-state index is 6.22. The maximum atomic E-state index is 6.22. The maximum Gasteiger partial charge on any atom is 0.228 e. The summed E-state index contributed by atoms with van der Waals surface area (Å²) in [7, 11) is 0. The zero-order valence-electron chi connectivity index (χ0n) is 10.2. The van der Waals surface area contributed by atoms with Crippen LogP contribution in [0.25, 0.3) is 11.0 Å². The van der Waals surface area contributed by atoms with E-state index in [0.717, 1.165) is 11.0 Å². The molecule has 0 spiro atoms. The lowest BCUT2D eigenvalue weighted by molar-refractivity contribution is 0.369. The molecule has 0 saturated carbocycles. The molecule has 19 heavy (non-hydrogen) atoms. The van der Waals surface area contributed by atoms with Crippen LogP contribution in [0.1, 0.15) is 11.7 Å². The summed E-state index contributed by atoms with van der Waals surface area (Å²) in [6.07, 6.45) is 0.618. The fourth-order valence-corrected chi connectivity index (χ4v) is 2.61. The molecule has 2 aromatic heterocycles. The van der Waals surface area contributed by atoms with Crippen molar-refractivity contribution in [3.05, 3.63) is 39.7 Å². The number of aromatic amines is 1. The first-order valence-electron chi connectivity index (χ1n) is 5.81. The molecule has 0 aliphatic rings. The summed E-state index contributed by atoms with van der Waals surface area (Å²) >= 11 is 11.5. The highest BCUT2D eigenvalue weighted by Crippen LogP contribution is 2.23. The number of hydrogen-bond acceptors (Lipinski definition) is 4. The van der Waals surface area contributed by atoms with Gasteiger partial charge in [-0.25, -0.2) is 0 Å². The SMILES string of the molecule is Cc1noc(CCn2c(=S)[nH]c3cccc(Cl)c32)n1. The molecule has 0 fully saturated rings. The highest BCUT2D eigenvalue weighted by Gasteiger charge is 2.09. The molecule has 7 heteroatoms. The smallest absolute Gasteiger partial charge is 0.228 e. The van der Waals surface area contributed by atoms with Crippen LogP contribution >= 0.6 is 23.8 Å². The lowest BCUT2D eigenvalue weighted by atomic mass is 10.3. The fourth-order valence-electron chi connectivity index (χ4n) is 2.04. The van der Waals surface area contributed by atoms with Crippen LogP contribution in [0.3, 0.4) is 0 Å². The molecule has 1 aromatic carbocycles. The molecule has 5 nitrogen and oxygen atoms in total. The molecule has 2 heterocycles. The lowest BCUT2D eigenvalue weighted by Crippen LogP contribution is -2.02. The van der Waals surface area contributed by atoms with E-state index in [1.54, 1.807) is 6.92 Å². The zero-order chi connectivity index (χ0) is 13.4. The number of hydrogen-bond donors (Lipinski definition) is 1. The Morgan fingerprint density at radius 3 is 3.05 bits per heavy atom. The van der Waals surface area contributed by atoms with Gasteiger partial charge in [0.15, 0.2) is 10.6 Å². The van der Waals surface area contributed by atoms with Crippen LogP contribution in [0.15, 0.2) is 22.7 Å². The van der Waals surface area contributed by atoms with E-state index in [9.17, 15) is 0 Å². The Bertz CT molecular complexity index is 788. The van der Waals surface area contributed by atoms with Gasteiger partial charge in [-0.15, -0.1) is 0 Å². The minimum absolute atomic E-state index is 0.598. The van der Waals surface area contributed by atoms with Crippen LogP contribution in [-0.2, 0) is 13.0 Å². The number of imidazole rings is 1. The van der Waals surface area contributed by atoms with Crippen molar-refractivity contribution in [3.63, 3.8) is 0 Å². The molecule has 0 aliphatic carbocycles. The topological polar surface area (TPSA) is 59.6 Å². The number of aryl methyl sites for hydroxylation is 3. The van der Waals surface area contributed by atoms with Crippen LogP contribution < -0.4 is 0 Å². The number of nitrogens with zero attached hydrogens (tertiary/aromatic N) is 3. The molecule has 1 N–H and O–H groups in total. The molecule has 98 valence electrons. The molecule has 3 aromatic rings. The van der Waals surface area contributed by atoms with Gasteiger partial charge >= 0.3 is 0 Å². The van der Waals surface area contributed by atoms with E-state index in [2.05, 4.69) is 15.1 Å². The summed E-state index contributed by atoms with van der Waals surface area (Å²) in [6, 6.07) is 5.69. The Labute approximate surface area is 119 Å². The van der Waals surface area contributed by atoms with E-state index >= 15 is 0 Å². The molecule has 0 radical (unpaired) electrons. The average molecular weight is 295 g/mol. The zero-order valence-corrected chi connectivity index (χ0v) is 11.8. The molecular weight excluding hydrogens is 284 g/mol. The third-order valence-corrected chi connectivity index (χ3v) is 3.49. The number of aromatic nitrogens is 4. The Morgan fingerprint density at radius 2 is 2.32 bits per heavy atom. The monoisotopic (exact) mass is 294 g/mol. The Morgan fingerprint density at radius 1 is 1.47 bits per heavy atom. The second kappa shape index (κ2) is 4.79. The van der Waals surface area contributed by atoms with Crippen molar-refractivity contribution in [2.75, 3.05) is 0 Å². The van der Waals surface area contributed by atoms with E-state index in [0.29, 0.717) is 34.5 Å². The molecule has 0 saturated heterocycles. The number of para-hydroxylation sites is 1. The third-order valence-electron chi connectivity index (χ3n) is 2.86. The predicted molar refractivity (Wildman–Crippen MR) is 74.9 cm³/mol. The average Bonchev–Trinajstić information content (AvgIpc) is 2.91. The number of rotatable bonds is 3. The van der Waals surface area contributed by atoms with Crippen LogP contribution in [0, 0.1) is 11.7 Å². The highest BCUT2D eigenvalue weighted by atomic mass is 35.5. The molecule has 0 bridgehead atoms. The van der Waals surface area contributed by atoms with Gasteiger partial charge in [-0.3, -0.25) is 0 Å². The third kappa shape index (κ3) is 2.29. The van der Waals surface area contributed by atoms with E-state index in [4.69, 9.17) is 28.3 Å². The number of halogens is 1. The van der Waals surface area contributed by atoms with Crippen LogP contribution in [0.4, 0.5) is 0 Å². The van der Waals surface area contributed by atoms with Gasteiger partial charge in [-0.1, -0.05) is 22.8 Å². The normalized spacial score (nSPS) is 11.3. The van der Waals surface area contributed by atoms with Gasteiger partial charge in [-0.2, -0.15) is 4.98 Å². The molecule has 0 atom stereocenters. The highest BCUT2D eigenvalue weighted by molar-refractivity contribution is 7.71. The van der Waals surface area contributed by atoms with Crippen LogP contribution in [0.5, 0.6) is 0 Å². The van der Waals surface area contributed by atoms with Gasteiger partial charge in [0.1, 0.15) is 0 Å². The van der Waals surface area contributed by atoms with Crippen molar-refractivity contribution in [2.45, 2.75) is 19.9 Å². The van der Waals surface area contributed by atoms with Gasteiger partial charge in [0.25, 0.3) is 0 Å². The Hall–Kier alpha value is -1.66. The summed E-state index contributed by atoms with van der Waals surface area (Å²) in [5.41, 5.74) is 1.84. The Balaban J connectivity index is 1.96. The minimum atomic E-state index is 0.598. The fraction of sp³-hybridized carbons (Fsp3) is 0.250. The second-order valence-corrected chi connectivity index (χ2v) is 5.00. The first-order valence-corrected chi connectivity index (χ1v) is 6.60. The first-order chi connectivity index (χ1) is 9.15. The van der Waals surface area contributed by atoms with Gasteiger partial charge < -0.3 is 14.1 Å². The lowest BCUT2D eigenvalue weighted by Gasteiger charge is -2.03. The largest absolute Gasteiger partial charge is 0.339 e. The van der Waals surface area contributed by atoms with Gasteiger partial charge in [0, 0.05) is 13.0 Å². The van der Waals surface area contributed by atoms with E-state index < -0.39 is 0 Å². The Kier molecular flexibility index (Phi) is 3.12. The molecule has 0 unspecified atom stereocenters. The summed E-state index contributed by atoms with van der Waals surface area (Å²) in [4.78, 5) is 7.31. The van der Waals surface area contributed by atoms with Crippen molar-refractivity contribution in [1.82, 2.24) is 19.7 Å². The van der Waals surface area contributed by atoms with Crippen molar-refractivity contribution < 1.29 is 4.52 Å². The summed E-state index contributed by atoms with van der Waals surface area (Å²) in [5, 5.41) is 4.44. The van der Waals surface area contributed by atoms with Gasteiger partial charge in [0.2, 0.25) is 5.89 Å². The van der Waals surface area contributed by atoms with E-state index in [1.807, 2.05) is 22.8 Å². The quantitative estimate of drug-likeness (QED) is 0.753. The molecule has 0 amide bonds. The van der Waals surface area contributed by atoms with E-state index in [1.165, 1.54) is 0 Å². The van der Waals surface area contributed by atoms with Crippen molar-refractivity contribution >= 4 is 34.9 Å². The van der Waals surface area contributed by atoms with Crippen LogP contribution in [-0.4, -0.2) is 19.7 Å². The second-order valence-electron chi connectivity index (χ2n) is 4.20. The predicted octanol–water partition coefficient (Wildman–Crippen LogP) is 3.29.